The van der Waals surface area contributed by atoms with Gasteiger partial charge < -0.3 is 0 Å². The van der Waals surface area contributed by atoms with E-state index in [0.29, 0.717) is 11.8 Å². The van der Waals surface area contributed by atoms with Crippen molar-refractivity contribution in [3.63, 3.8) is 0 Å². The first-order valence-corrected chi connectivity index (χ1v) is 44.5. The smallest absolute Gasteiger partial charge is 0.232 e. The molecule has 0 N–H and O–H groups in total. The van der Waals surface area contributed by atoms with Crippen LogP contribution in [0.4, 0.5) is 0 Å². The summed E-state index contributed by atoms with van der Waals surface area (Å²) >= 11 is 0. The predicted octanol–water partition coefficient (Wildman–Crippen LogP) is 25.2. The molecule has 17 aromatic rings. The first kappa shape index (κ1) is 86.9. The minimum Gasteiger partial charge on any atom is -0.232 e. The highest BCUT2D eigenvalue weighted by molar-refractivity contribution is 5.85. The van der Waals surface area contributed by atoms with Crippen LogP contribution in [0.3, 0.4) is 0 Å². The van der Waals surface area contributed by atoms with Crippen molar-refractivity contribution in [1.82, 2.24) is 23.3 Å². The number of aromatic nitrogens is 10. The second-order valence-corrected chi connectivity index (χ2v) is 37.4. The third-order valence-corrected chi connectivity index (χ3v) is 27.4. The lowest BCUT2D eigenvalue weighted by molar-refractivity contribution is -0.745. The third kappa shape index (κ3) is 15.9. The van der Waals surface area contributed by atoms with Gasteiger partial charge in [-0.1, -0.05) is 331 Å². The number of hydrogen-bond donors (Lipinski definition) is 0. The Balaban J connectivity index is 0.000000122. The van der Waals surface area contributed by atoms with Crippen molar-refractivity contribution in [2.75, 3.05) is 0 Å². The molecule has 10 heteroatoms. The average Bonchev–Trinajstić information content (AvgIpc) is 1.56. The molecule has 0 unspecified atom stereocenters. The molecule has 7 heterocycles. The summed E-state index contributed by atoms with van der Waals surface area (Å²) in [6.45, 7) is 43.6. The quantitative estimate of drug-likeness (QED) is 0.116. The Morgan fingerprint density at radius 2 is 0.760 bits per heavy atom. The standard InChI is InChI=1S/C31H35N2.C23H27N2.C23H21N2.C23H29N2.C15H15N2/c1-20-17-21(2)19-24(18-20)28-26(23-14-10-9-11-15-23)29-31(6,7)30(4,5)25-16-12-13-22(3)27(25)33(29)32(28)8;1-16-11-10-14-19-20(16)25-21(23(4,5)22(19,2)3)18(15-24(25)6)17-12-8-7-9-13-17;1-18-11-9-10-16-22(18)25-17-21(19-12-5-3-6-13-19)23(24(25)2)20-14-7-4-8-15-20;1-16(2)19-12-9-13-20(17(3)4)22(19)25-15-14-24(6)23(25)21-11-8-7-10-18(21)5;1-12-7-3-5-9-14(12)17-15-10-6-4-8-13(15)11-16(17)2/h9-19H,1-8H3;7-15H,1-6H3;3-17H,1-2H3;7-17H,1-6H3;3-11H,1-2H3/q5*+1. The molecule has 19 rings (SSSR count). The summed E-state index contributed by atoms with van der Waals surface area (Å²) in [7, 11) is 10.7. The molecule has 0 fully saturated rings. The fourth-order valence-corrected chi connectivity index (χ4v) is 19.5. The lowest BCUT2D eigenvalue weighted by Gasteiger charge is -2.46. The molecule has 0 atom stereocenters. The van der Waals surface area contributed by atoms with E-state index in [9.17, 15) is 0 Å². The number of aryl methyl sites for hydroxylation is 10. The monoisotopic (exact) mass is 1650 g/mol. The highest BCUT2D eigenvalue weighted by Gasteiger charge is 2.54. The molecule has 0 amide bonds. The van der Waals surface area contributed by atoms with E-state index in [4.69, 9.17) is 0 Å². The van der Waals surface area contributed by atoms with Gasteiger partial charge in [0.15, 0.2) is 28.2 Å². The zero-order chi connectivity index (χ0) is 88.9. The van der Waals surface area contributed by atoms with Gasteiger partial charge in [-0.2, -0.15) is 4.57 Å². The van der Waals surface area contributed by atoms with Crippen molar-refractivity contribution < 1.29 is 23.3 Å². The van der Waals surface area contributed by atoms with Crippen molar-refractivity contribution in [3.8, 4) is 95.7 Å². The van der Waals surface area contributed by atoms with E-state index < -0.39 is 0 Å². The Labute approximate surface area is 743 Å². The van der Waals surface area contributed by atoms with Gasteiger partial charge in [0.05, 0.1) is 40.9 Å². The summed E-state index contributed by atoms with van der Waals surface area (Å²) in [6, 6.07) is 104. The molecule has 5 aromatic heterocycles. The Hall–Kier alpha value is -13.1. The summed E-state index contributed by atoms with van der Waals surface area (Å²) in [5, 5.41) is 1.26. The van der Waals surface area contributed by atoms with E-state index in [2.05, 4.69) is 536 Å². The second kappa shape index (κ2) is 34.9. The number of hydrogen-bond acceptors (Lipinski definition) is 0. The van der Waals surface area contributed by atoms with Gasteiger partial charge in [0, 0.05) is 43.9 Å². The zero-order valence-electron chi connectivity index (χ0n) is 78.2. The van der Waals surface area contributed by atoms with Crippen LogP contribution in [0.1, 0.15) is 168 Å². The van der Waals surface area contributed by atoms with E-state index in [1.165, 1.54) is 179 Å². The maximum atomic E-state index is 2.51. The normalized spacial score (nSPS) is 13.5. The van der Waals surface area contributed by atoms with Gasteiger partial charge in [0.25, 0.3) is 5.82 Å². The molecule has 10 nitrogen and oxygen atoms in total. The zero-order valence-corrected chi connectivity index (χ0v) is 78.2. The van der Waals surface area contributed by atoms with Gasteiger partial charge in [-0.15, -0.1) is 37.5 Å². The van der Waals surface area contributed by atoms with Crippen LogP contribution in [0.15, 0.2) is 322 Å². The number of imidazole rings is 1. The summed E-state index contributed by atoms with van der Waals surface area (Å²) < 4.78 is 23.0. The summed E-state index contributed by atoms with van der Waals surface area (Å²) in [5.41, 5.74) is 39.1. The van der Waals surface area contributed by atoms with E-state index in [-0.39, 0.29) is 21.7 Å². The number of fused-ring (bicyclic) bond motifs is 7. The van der Waals surface area contributed by atoms with Crippen molar-refractivity contribution in [2.24, 2.45) is 35.2 Å². The van der Waals surface area contributed by atoms with Gasteiger partial charge >= 0.3 is 0 Å². The van der Waals surface area contributed by atoms with Crippen molar-refractivity contribution in [3.05, 3.63) is 395 Å². The maximum absolute atomic E-state index is 2.51. The minimum atomic E-state index is -0.0894. The first-order valence-electron chi connectivity index (χ1n) is 44.5. The molecular weight excluding hydrogens is 1520 g/mol. The van der Waals surface area contributed by atoms with Crippen LogP contribution < -0.4 is 23.3 Å². The summed E-state index contributed by atoms with van der Waals surface area (Å²) in [5.74, 6) is 2.19. The topological polar surface area (TPSA) is 44.0 Å². The van der Waals surface area contributed by atoms with E-state index in [0.717, 1.165) is 0 Å². The molecule has 2 aliphatic heterocycles. The number of nitrogens with zero attached hydrogens (tertiary/aromatic N) is 10. The van der Waals surface area contributed by atoms with Gasteiger partial charge in [0.1, 0.15) is 57.7 Å². The fraction of sp³-hybridized carbons (Fsp3) is 0.261. The van der Waals surface area contributed by atoms with Crippen molar-refractivity contribution in [2.45, 2.75) is 165 Å². The van der Waals surface area contributed by atoms with Crippen LogP contribution in [-0.2, 0) is 56.9 Å². The molecule has 2 aliphatic rings. The molecule has 0 saturated heterocycles. The van der Waals surface area contributed by atoms with Crippen LogP contribution in [-0.4, -0.2) is 23.3 Å². The number of para-hydroxylation sites is 6. The highest BCUT2D eigenvalue weighted by atomic mass is 15.4. The van der Waals surface area contributed by atoms with Crippen LogP contribution in [0.25, 0.3) is 107 Å². The molecule has 0 spiro atoms. The van der Waals surface area contributed by atoms with E-state index >= 15 is 0 Å². The molecule has 12 aromatic carbocycles. The lowest BCUT2D eigenvalue weighted by atomic mass is 9.59. The van der Waals surface area contributed by atoms with Gasteiger partial charge in [-0.05, 0) is 171 Å². The molecule has 0 bridgehead atoms. The summed E-state index contributed by atoms with van der Waals surface area (Å²) in [6.07, 6.45) is 11.0. The molecule has 632 valence electrons. The number of benzene rings is 12. The SMILES string of the molecule is Cc1cc(C)cc(-c2c(-c3ccccc3)c3n([n+]2C)-c2c(C)cccc2C(C)(C)C3(C)C)c1.Cc1cccc2c1-n1c(c(-c3ccccc3)c[n+]1C)C(C)(C)C2(C)C.Cc1ccccc1-c1n(-c2c(C(C)C)cccc2C(C)C)cc[n+]1C.Cc1ccccc1-n1c2ccccc2c[n+]1C.Cc1ccccc1-n1cc(-c2ccccc2)c(-c2ccccc2)[n+]1C. The fourth-order valence-electron chi connectivity index (χ4n) is 19.5. The van der Waals surface area contributed by atoms with Crippen molar-refractivity contribution in [1.29, 1.82) is 0 Å². The largest absolute Gasteiger partial charge is 0.294 e. The number of rotatable bonds is 11. The van der Waals surface area contributed by atoms with Crippen LogP contribution in [0.5, 0.6) is 0 Å². The predicted molar refractivity (Wildman–Crippen MR) is 518 cm³/mol. The Morgan fingerprint density at radius 1 is 0.320 bits per heavy atom. The van der Waals surface area contributed by atoms with Crippen LogP contribution in [0, 0.1) is 48.5 Å². The van der Waals surface area contributed by atoms with Gasteiger partial charge in [0.2, 0.25) is 23.8 Å². The first-order chi connectivity index (χ1) is 59.8. The Morgan fingerprint density at radius 3 is 1.30 bits per heavy atom. The molecule has 0 aliphatic carbocycles. The van der Waals surface area contributed by atoms with Crippen LogP contribution >= 0.6 is 0 Å². The lowest BCUT2D eigenvalue weighted by Crippen LogP contribution is -2.51. The minimum absolute atomic E-state index is 0.000226. The molecular formula is C115H127N10+5. The third-order valence-electron chi connectivity index (χ3n) is 27.4. The highest BCUT2D eigenvalue weighted by Crippen LogP contribution is 2.56. The Kier molecular flexibility index (Phi) is 24.3. The molecule has 0 saturated carbocycles. The van der Waals surface area contributed by atoms with Crippen LogP contribution in [0.2, 0.25) is 0 Å². The summed E-state index contributed by atoms with van der Waals surface area (Å²) in [4.78, 5) is 0. The molecule has 125 heavy (non-hydrogen) atoms. The Bertz CT molecular complexity index is 6740. The van der Waals surface area contributed by atoms with E-state index in [1.807, 2.05) is 0 Å². The second-order valence-electron chi connectivity index (χ2n) is 37.4. The van der Waals surface area contributed by atoms with Crippen molar-refractivity contribution >= 4 is 10.9 Å². The van der Waals surface area contributed by atoms with Gasteiger partial charge in [-0.3, -0.25) is 0 Å². The van der Waals surface area contributed by atoms with E-state index in [1.54, 1.807) is 0 Å². The van der Waals surface area contributed by atoms with Gasteiger partial charge in [-0.25, -0.2) is 4.57 Å². The maximum Gasteiger partial charge on any atom is 0.294 e. The molecule has 0 radical (unpaired) electrons. The average molecular weight is 1650 g/mol.